The van der Waals surface area contributed by atoms with Crippen LogP contribution in [-0.2, 0) is 14.8 Å². The van der Waals surface area contributed by atoms with E-state index in [2.05, 4.69) is 10.3 Å². The summed E-state index contributed by atoms with van der Waals surface area (Å²) in [5.41, 5.74) is 2.46. The van der Waals surface area contributed by atoms with Gasteiger partial charge in [-0.1, -0.05) is 18.6 Å². The van der Waals surface area contributed by atoms with Crippen molar-refractivity contribution in [3.05, 3.63) is 58.9 Å². The SMILES string of the molecule is Cc1nc(-c2cccc(NC(=O)COc3ccc(S(=O)(=O)N4CCCCC4)cc3)c2)cs1. The molecule has 0 spiro atoms. The number of rotatable bonds is 7. The Balaban J connectivity index is 1.33. The molecule has 1 fully saturated rings. The average molecular weight is 472 g/mol. The quantitative estimate of drug-likeness (QED) is 0.555. The van der Waals surface area contributed by atoms with Crippen molar-refractivity contribution in [3.63, 3.8) is 0 Å². The van der Waals surface area contributed by atoms with Gasteiger partial charge in [0.25, 0.3) is 5.91 Å². The largest absolute Gasteiger partial charge is 0.484 e. The van der Waals surface area contributed by atoms with Crippen LogP contribution in [0.1, 0.15) is 24.3 Å². The van der Waals surface area contributed by atoms with Crippen LogP contribution < -0.4 is 10.1 Å². The fourth-order valence-corrected chi connectivity index (χ4v) is 5.70. The van der Waals surface area contributed by atoms with E-state index in [4.69, 9.17) is 4.74 Å². The summed E-state index contributed by atoms with van der Waals surface area (Å²) in [6.07, 6.45) is 2.85. The van der Waals surface area contributed by atoms with Crippen molar-refractivity contribution < 1.29 is 17.9 Å². The zero-order valence-corrected chi connectivity index (χ0v) is 19.4. The summed E-state index contributed by atoms with van der Waals surface area (Å²) in [7, 11) is -3.48. The van der Waals surface area contributed by atoms with Crippen LogP contribution in [0.5, 0.6) is 5.75 Å². The first-order valence-corrected chi connectivity index (χ1v) is 12.8. The monoisotopic (exact) mass is 471 g/mol. The van der Waals surface area contributed by atoms with E-state index in [0.717, 1.165) is 35.5 Å². The lowest BCUT2D eigenvalue weighted by atomic mass is 10.1. The zero-order valence-electron chi connectivity index (χ0n) is 17.8. The number of anilines is 1. The number of benzene rings is 2. The summed E-state index contributed by atoms with van der Waals surface area (Å²) in [6.45, 7) is 2.89. The second-order valence-corrected chi connectivity index (χ2v) is 10.6. The highest BCUT2D eigenvalue weighted by atomic mass is 32.2. The maximum Gasteiger partial charge on any atom is 0.262 e. The Morgan fingerprint density at radius 1 is 1.12 bits per heavy atom. The van der Waals surface area contributed by atoms with Crippen molar-refractivity contribution in [3.8, 4) is 17.0 Å². The highest BCUT2D eigenvalue weighted by molar-refractivity contribution is 7.89. The summed E-state index contributed by atoms with van der Waals surface area (Å²) < 4.78 is 32.5. The van der Waals surface area contributed by atoms with Gasteiger partial charge in [0.15, 0.2) is 6.61 Å². The smallest absolute Gasteiger partial charge is 0.262 e. The van der Waals surface area contributed by atoms with Gasteiger partial charge in [-0.2, -0.15) is 4.31 Å². The number of ether oxygens (including phenoxy) is 1. The van der Waals surface area contributed by atoms with E-state index < -0.39 is 10.0 Å². The van der Waals surface area contributed by atoms with Crippen molar-refractivity contribution >= 4 is 33.0 Å². The van der Waals surface area contributed by atoms with Gasteiger partial charge in [0, 0.05) is 29.7 Å². The van der Waals surface area contributed by atoms with E-state index in [1.54, 1.807) is 29.5 Å². The fourth-order valence-electron chi connectivity index (χ4n) is 3.56. The minimum atomic E-state index is -3.48. The number of amides is 1. The first-order chi connectivity index (χ1) is 15.4. The summed E-state index contributed by atoms with van der Waals surface area (Å²) in [4.78, 5) is 17.0. The number of sulfonamides is 1. The van der Waals surface area contributed by atoms with Crippen molar-refractivity contribution in [2.75, 3.05) is 25.0 Å². The van der Waals surface area contributed by atoms with Gasteiger partial charge in [0.05, 0.1) is 15.6 Å². The highest BCUT2D eigenvalue weighted by Crippen LogP contribution is 2.25. The van der Waals surface area contributed by atoms with Crippen LogP contribution in [0.4, 0.5) is 5.69 Å². The molecule has 1 aromatic heterocycles. The number of hydrogen-bond donors (Lipinski definition) is 1. The number of nitrogens with one attached hydrogen (secondary N) is 1. The number of piperidine rings is 1. The molecule has 0 saturated carbocycles. The molecule has 9 heteroatoms. The molecule has 2 heterocycles. The van der Waals surface area contributed by atoms with Crippen molar-refractivity contribution in [2.45, 2.75) is 31.1 Å². The van der Waals surface area contributed by atoms with Crippen LogP contribution in [0.2, 0.25) is 0 Å². The molecule has 0 aliphatic carbocycles. The molecule has 3 aromatic rings. The van der Waals surface area contributed by atoms with E-state index in [-0.39, 0.29) is 17.4 Å². The molecule has 32 heavy (non-hydrogen) atoms. The predicted octanol–water partition coefficient (Wildman–Crippen LogP) is 4.31. The molecule has 168 valence electrons. The standard InChI is InChI=1S/C23H25N3O4S2/c1-17-24-22(16-31-17)18-6-5-7-19(14-18)25-23(27)15-30-20-8-10-21(11-9-20)32(28,29)26-12-3-2-4-13-26/h5-11,14,16H,2-4,12-13,15H2,1H3,(H,25,27). The summed E-state index contributed by atoms with van der Waals surface area (Å²) >= 11 is 1.58. The minimum Gasteiger partial charge on any atom is -0.484 e. The van der Waals surface area contributed by atoms with Gasteiger partial charge in [-0.05, 0) is 56.2 Å². The lowest BCUT2D eigenvalue weighted by molar-refractivity contribution is -0.118. The summed E-state index contributed by atoms with van der Waals surface area (Å²) in [6, 6.07) is 13.7. The predicted molar refractivity (Wildman–Crippen MR) is 125 cm³/mol. The Morgan fingerprint density at radius 2 is 1.88 bits per heavy atom. The maximum absolute atomic E-state index is 12.7. The lowest BCUT2D eigenvalue weighted by Crippen LogP contribution is -2.35. The summed E-state index contributed by atoms with van der Waals surface area (Å²) in [5.74, 6) is 0.131. The van der Waals surface area contributed by atoms with Crippen LogP contribution >= 0.6 is 11.3 Å². The molecular formula is C23H25N3O4S2. The molecule has 1 aliphatic rings. The molecule has 2 aromatic carbocycles. The van der Waals surface area contributed by atoms with Crippen LogP contribution in [-0.4, -0.2) is 43.3 Å². The van der Waals surface area contributed by atoms with Crippen LogP contribution in [0.3, 0.4) is 0 Å². The third-order valence-electron chi connectivity index (χ3n) is 5.21. The van der Waals surface area contributed by atoms with Crippen molar-refractivity contribution in [1.82, 2.24) is 9.29 Å². The Hall–Kier alpha value is -2.75. The van der Waals surface area contributed by atoms with E-state index in [1.165, 1.54) is 16.4 Å². The van der Waals surface area contributed by atoms with E-state index in [0.29, 0.717) is 24.5 Å². The van der Waals surface area contributed by atoms with E-state index >= 15 is 0 Å². The second-order valence-electron chi connectivity index (χ2n) is 7.61. The Morgan fingerprint density at radius 3 is 2.56 bits per heavy atom. The third-order valence-corrected chi connectivity index (χ3v) is 7.89. The molecule has 1 N–H and O–H groups in total. The zero-order chi connectivity index (χ0) is 22.6. The van der Waals surface area contributed by atoms with E-state index in [1.807, 2.05) is 30.5 Å². The Labute approximate surface area is 192 Å². The fraction of sp³-hybridized carbons (Fsp3) is 0.304. The summed E-state index contributed by atoms with van der Waals surface area (Å²) in [5, 5.41) is 5.78. The number of carbonyl (C=O) groups excluding carboxylic acids is 1. The molecule has 4 rings (SSSR count). The number of aromatic nitrogens is 1. The molecule has 1 aliphatic heterocycles. The van der Waals surface area contributed by atoms with Gasteiger partial charge in [-0.25, -0.2) is 13.4 Å². The van der Waals surface area contributed by atoms with Gasteiger partial charge >= 0.3 is 0 Å². The van der Waals surface area contributed by atoms with E-state index in [9.17, 15) is 13.2 Å². The van der Waals surface area contributed by atoms with Crippen LogP contribution in [0, 0.1) is 6.92 Å². The molecule has 1 saturated heterocycles. The van der Waals surface area contributed by atoms with Gasteiger partial charge in [-0.3, -0.25) is 4.79 Å². The van der Waals surface area contributed by atoms with Gasteiger partial charge in [0.1, 0.15) is 5.75 Å². The third kappa shape index (κ3) is 5.35. The molecular weight excluding hydrogens is 446 g/mol. The minimum absolute atomic E-state index is 0.182. The number of hydrogen-bond acceptors (Lipinski definition) is 6. The van der Waals surface area contributed by atoms with Crippen LogP contribution in [0.15, 0.2) is 58.8 Å². The van der Waals surface area contributed by atoms with Crippen molar-refractivity contribution in [2.24, 2.45) is 0 Å². The second kappa shape index (κ2) is 9.81. The van der Waals surface area contributed by atoms with Crippen molar-refractivity contribution in [1.29, 1.82) is 0 Å². The number of aryl methyl sites for hydroxylation is 1. The first kappa shape index (κ1) is 22.4. The molecule has 0 atom stereocenters. The number of thiazole rings is 1. The molecule has 0 bridgehead atoms. The normalized spacial score (nSPS) is 14.8. The average Bonchev–Trinajstić information content (AvgIpc) is 3.25. The first-order valence-electron chi connectivity index (χ1n) is 10.5. The lowest BCUT2D eigenvalue weighted by Gasteiger charge is -2.25. The topological polar surface area (TPSA) is 88.6 Å². The molecule has 1 amide bonds. The maximum atomic E-state index is 12.7. The van der Waals surface area contributed by atoms with Gasteiger partial charge in [-0.15, -0.1) is 11.3 Å². The Kier molecular flexibility index (Phi) is 6.88. The van der Waals surface area contributed by atoms with Crippen LogP contribution in [0.25, 0.3) is 11.3 Å². The number of nitrogens with zero attached hydrogens (tertiary/aromatic N) is 2. The molecule has 0 unspecified atom stereocenters. The Bertz CT molecular complexity index is 1180. The number of carbonyl (C=O) groups is 1. The van der Waals surface area contributed by atoms with Gasteiger partial charge in [0.2, 0.25) is 10.0 Å². The molecule has 0 radical (unpaired) electrons. The van der Waals surface area contributed by atoms with Gasteiger partial charge < -0.3 is 10.1 Å². The molecule has 7 nitrogen and oxygen atoms in total. The highest BCUT2D eigenvalue weighted by Gasteiger charge is 2.25.